The number of carbonyl (C=O) groups excluding carboxylic acids is 2. The second-order valence-electron chi connectivity index (χ2n) is 6.62. The maximum Gasteiger partial charge on any atom is 0.308 e. The number of rotatable bonds is 8. The van der Waals surface area contributed by atoms with Gasteiger partial charge in [0.15, 0.2) is 4.34 Å². The van der Waals surface area contributed by atoms with Crippen LogP contribution in [0.5, 0.6) is 0 Å². The van der Waals surface area contributed by atoms with Crippen LogP contribution in [-0.4, -0.2) is 32.3 Å². The Kier molecular flexibility index (Phi) is 7.66. The molecule has 0 saturated carbocycles. The van der Waals surface area contributed by atoms with Crippen LogP contribution in [0.4, 0.5) is 10.8 Å². The van der Waals surface area contributed by atoms with Crippen molar-refractivity contribution in [1.29, 1.82) is 0 Å². The number of hydrogen-bond acceptors (Lipinski definition) is 8. The molecule has 0 unspecified atom stereocenters. The standard InChI is InChI=1S/C20H15Cl2N5O3S3/c21-12-6-5-11(9-13(12)22)23-16(28)7-8-31-19-26-25-18(33-19)24-17(29)10-27-14-3-1-2-4-15(14)32-20(27)30/h1-6,9H,7-8,10H2,(H,23,28)(H,24,25,29). The molecule has 0 aliphatic rings. The van der Waals surface area contributed by atoms with Crippen LogP contribution >= 0.6 is 57.6 Å². The zero-order chi connectivity index (χ0) is 23.4. The van der Waals surface area contributed by atoms with E-state index in [9.17, 15) is 14.4 Å². The van der Waals surface area contributed by atoms with Crippen molar-refractivity contribution in [3.63, 3.8) is 0 Å². The molecule has 0 spiro atoms. The Morgan fingerprint density at radius 1 is 1.00 bits per heavy atom. The van der Waals surface area contributed by atoms with Gasteiger partial charge in [-0.1, -0.05) is 69.8 Å². The number of nitrogens with one attached hydrogen (secondary N) is 2. The third-order valence-electron chi connectivity index (χ3n) is 4.29. The zero-order valence-electron chi connectivity index (χ0n) is 16.7. The fraction of sp³-hybridized carbons (Fsp3) is 0.150. The maximum absolute atomic E-state index is 12.4. The van der Waals surface area contributed by atoms with Crippen molar-refractivity contribution in [3.8, 4) is 0 Å². The highest BCUT2D eigenvalue weighted by atomic mass is 35.5. The molecule has 13 heteroatoms. The lowest BCUT2D eigenvalue weighted by Crippen LogP contribution is -2.24. The highest BCUT2D eigenvalue weighted by Gasteiger charge is 2.14. The first-order chi connectivity index (χ1) is 15.9. The van der Waals surface area contributed by atoms with Gasteiger partial charge in [-0.25, -0.2) is 0 Å². The Hall–Kier alpha value is -2.44. The number of benzene rings is 2. The molecular formula is C20H15Cl2N5O3S3. The fourth-order valence-corrected chi connectivity index (χ4v) is 5.78. The molecule has 8 nitrogen and oxygen atoms in total. The maximum atomic E-state index is 12.4. The molecule has 0 saturated heterocycles. The van der Waals surface area contributed by atoms with E-state index in [0.29, 0.717) is 31.0 Å². The number of hydrogen-bond donors (Lipinski definition) is 2. The molecule has 2 aromatic carbocycles. The Bertz CT molecular complexity index is 1380. The van der Waals surface area contributed by atoms with E-state index in [-0.39, 0.29) is 29.7 Å². The highest BCUT2D eigenvalue weighted by molar-refractivity contribution is 8.01. The van der Waals surface area contributed by atoms with Crippen LogP contribution in [0.1, 0.15) is 6.42 Å². The van der Waals surface area contributed by atoms with Crippen LogP contribution in [0.3, 0.4) is 0 Å². The van der Waals surface area contributed by atoms with Gasteiger partial charge < -0.3 is 5.32 Å². The minimum atomic E-state index is -0.366. The van der Waals surface area contributed by atoms with E-state index in [1.54, 1.807) is 24.3 Å². The molecule has 33 heavy (non-hydrogen) atoms. The van der Waals surface area contributed by atoms with Crippen molar-refractivity contribution in [3.05, 3.63) is 62.2 Å². The van der Waals surface area contributed by atoms with E-state index in [0.717, 1.165) is 21.6 Å². The Balaban J connectivity index is 1.26. The number of carbonyl (C=O) groups is 2. The number of aromatic nitrogens is 3. The smallest absolute Gasteiger partial charge is 0.308 e. The number of nitrogens with zero attached hydrogens (tertiary/aromatic N) is 3. The van der Waals surface area contributed by atoms with Crippen LogP contribution in [-0.2, 0) is 16.1 Å². The summed E-state index contributed by atoms with van der Waals surface area (Å²) in [6.07, 6.45) is 0.250. The molecule has 2 heterocycles. The van der Waals surface area contributed by atoms with Crippen LogP contribution in [0.15, 0.2) is 51.6 Å². The average Bonchev–Trinajstić information content (AvgIpc) is 3.34. The SMILES string of the molecule is O=C(CCSc1nnc(NC(=O)Cn2c(=O)sc3ccccc32)s1)Nc1ccc(Cl)c(Cl)c1. The van der Waals surface area contributed by atoms with Gasteiger partial charge in [-0.05, 0) is 30.3 Å². The van der Waals surface area contributed by atoms with E-state index in [4.69, 9.17) is 23.2 Å². The van der Waals surface area contributed by atoms with Gasteiger partial charge in [0.05, 0.1) is 20.3 Å². The predicted molar refractivity (Wildman–Crippen MR) is 135 cm³/mol. The molecule has 4 aromatic rings. The summed E-state index contributed by atoms with van der Waals surface area (Å²) < 4.78 is 2.87. The average molecular weight is 540 g/mol. The van der Waals surface area contributed by atoms with Gasteiger partial charge in [-0.15, -0.1) is 10.2 Å². The molecule has 2 N–H and O–H groups in total. The number of amides is 2. The normalized spacial score (nSPS) is 11.0. The monoisotopic (exact) mass is 539 g/mol. The number of thioether (sulfide) groups is 1. The molecule has 4 rings (SSSR count). The Morgan fingerprint density at radius 2 is 1.82 bits per heavy atom. The van der Waals surface area contributed by atoms with E-state index in [2.05, 4.69) is 20.8 Å². The number of halogens is 2. The van der Waals surface area contributed by atoms with Crippen molar-refractivity contribution >= 4 is 90.5 Å². The molecule has 0 aliphatic heterocycles. The molecule has 0 bridgehead atoms. The van der Waals surface area contributed by atoms with Gasteiger partial charge in [0.25, 0.3) is 0 Å². The summed E-state index contributed by atoms with van der Waals surface area (Å²) in [6, 6.07) is 12.2. The van der Waals surface area contributed by atoms with Gasteiger partial charge in [0.1, 0.15) is 6.54 Å². The molecule has 0 atom stereocenters. The molecule has 0 fully saturated rings. The third kappa shape index (κ3) is 6.12. The number of fused-ring (bicyclic) bond motifs is 1. The topological polar surface area (TPSA) is 106 Å². The van der Waals surface area contributed by atoms with Gasteiger partial charge in [-0.2, -0.15) is 0 Å². The third-order valence-corrected chi connectivity index (χ3v) is 7.96. The second kappa shape index (κ2) is 10.7. The lowest BCUT2D eigenvalue weighted by molar-refractivity contribution is -0.117. The number of anilines is 2. The molecular weight excluding hydrogens is 525 g/mol. The van der Waals surface area contributed by atoms with Crippen molar-refractivity contribution in [2.45, 2.75) is 17.3 Å². The van der Waals surface area contributed by atoms with E-state index < -0.39 is 0 Å². The quantitative estimate of drug-likeness (QED) is 0.241. The van der Waals surface area contributed by atoms with Gasteiger partial charge in [-0.3, -0.25) is 24.3 Å². The number of thiazole rings is 1. The summed E-state index contributed by atoms with van der Waals surface area (Å²) >= 11 is 15.5. The summed E-state index contributed by atoms with van der Waals surface area (Å²) in [5.41, 5.74) is 1.29. The van der Waals surface area contributed by atoms with Gasteiger partial charge >= 0.3 is 4.87 Å². The Labute approximate surface area is 209 Å². The van der Waals surface area contributed by atoms with Crippen molar-refractivity contribution in [1.82, 2.24) is 14.8 Å². The number of para-hydroxylation sites is 1. The van der Waals surface area contributed by atoms with Crippen molar-refractivity contribution in [2.75, 3.05) is 16.4 Å². The first-order valence-corrected chi connectivity index (χ1v) is 12.9. The van der Waals surface area contributed by atoms with Crippen LogP contribution < -0.4 is 15.5 Å². The van der Waals surface area contributed by atoms with Crippen LogP contribution in [0, 0.1) is 0 Å². The minimum absolute atomic E-state index is 0.111. The van der Waals surface area contributed by atoms with E-state index in [1.165, 1.54) is 27.7 Å². The molecule has 2 amide bonds. The van der Waals surface area contributed by atoms with Crippen molar-refractivity contribution in [2.24, 2.45) is 0 Å². The van der Waals surface area contributed by atoms with E-state index >= 15 is 0 Å². The first-order valence-electron chi connectivity index (χ1n) is 9.48. The molecule has 0 aliphatic carbocycles. The molecule has 170 valence electrons. The predicted octanol–water partition coefficient (Wildman–Crippen LogP) is 4.98. The largest absolute Gasteiger partial charge is 0.326 e. The Morgan fingerprint density at radius 3 is 2.64 bits per heavy atom. The minimum Gasteiger partial charge on any atom is -0.326 e. The summed E-state index contributed by atoms with van der Waals surface area (Å²) in [7, 11) is 0. The van der Waals surface area contributed by atoms with Crippen LogP contribution in [0.25, 0.3) is 10.2 Å². The molecule has 2 aromatic heterocycles. The highest BCUT2D eigenvalue weighted by Crippen LogP contribution is 2.27. The molecule has 0 radical (unpaired) electrons. The van der Waals surface area contributed by atoms with Gasteiger partial charge in [0, 0.05) is 17.9 Å². The summed E-state index contributed by atoms with van der Waals surface area (Å²) in [5.74, 6) is -0.0619. The lowest BCUT2D eigenvalue weighted by atomic mass is 10.3. The first kappa shape index (κ1) is 23.7. The summed E-state index contributed by atoms with van der Waals surface area (Å²) in [5, 5.41) is 14.5. The van der Waals surface area contributed by atoms with E-state index in [1.807, 2.05) is 18.2 Å². The fourth-order valence-electron chi connectivity index (χ4n) is 2.81. The van der Waals surface area contributed by atoms with Gasteiger partial charge in [0.2, 0.25) is 16.9 Å². The second-order valence-corrected chi connectivity index (χ2v) is 10.7. The van der Waals surface area contributed by atoms with Crippen molar-refractivity contribution < 1.29 is 9.59 Å². The zero-order valence-corrected chi connectivity index (χ0v) is 20.7. The van der Waals surface area contributed by atoms with Crippen LogP contribution in [0.2, 0.25) is 10.0 Å². The lowest BCUT2D eigenvalue weighted by Gasteiger charge is -2.05. The summed E-state index contributed by atoms with van der Waals surface area (Å²) in [6.45, 7) is -0.111. The summed E-state index contributed by atoms with van der Waals surface area (Å²) in [4.78, 5) is 36.5.